The standard InChI is InChI=1S/C19H17N3O3S2/c1-13-3-8-17(25-2)18(11-13)27(23,24)21-15-6-4-14(5-7-15)16-12-22-9-10-26-19(22)20-16/h3-12,21H,1-2H3. The molecule has 0 bridgehead atoms. The molecule has 0 aliphatic carbocycles. The van der Waals surface area contributed by atoms with E-state index >= 15 is 0 Å². The van der Waals surface area contributed by atoms with Crippen molar-refractivity contribution in [2.45, 2.75) is 11.8 Å². The minimum absolute atomic E-state index is 0.114. The average Bonchev–Trinajstić information content (AvgIpc) is 3.24. The number of ether oxygens (including phenoxy) is 1. The van der Waals surface area contributed by atoms with Crippen LogP contribution in [-0.2, 0) is 10.0 Å². The van der Waals surface area contributed by atoms with Crippen molar-refractivity contribution in [1.29, 1.82) is 0 Å². The van der Waals surface area contributed by atoms with Crippen molar-refractivity contribution in [1.82, 2.24) is 9.38 Å². The molecule has 0 saturated heterocycles. The molecule has 0 aliphatic rings. The molecule has 0 amide bonds. The number of rotatable bonds is 5. The van der Waals surface area contributed by atoms with Gasteiger partial charge in [0.25, 0.3) is 10.0 Å². The quantitative estimate of drug-likeness (QED) is 0.546. The molecule has 0 unspecified atom stereocenters. The molecule has 0 fully saturated rings. The molecule has 138 valence electrons. The Labute approximate surface area is 161 Å². The first-order chi connectivity index (χ1) is 13.0. The topological polar surface area (TPSA) is 72.7 Å². The van der Waals surface area contributed by atoms with Gasteiger partial charge in [-0.3, -0.25) is 9.12 Å². The number of nitrogens with one attached hydrogen (secondary N) is 1. The van der Waals surface area contributed by atoms with Gasteiger partial charge in [0.15, 0.2) is 4.96 Å². The van der Waals surface area contributed by atoms with Crippen molar-refractivity contribution in [2.24, 2.45) is 0 Å². The summed E-state index contributed by atoms with van der Waals surface area (Å²) in [5.41, 5.74) is 3.08. The second-order valence-electron chi connectivity index (χ2n) is 6.06. The molecule has 0 radical (unpaired) electrons. The van der Waals surface area contributed by atoms with Crippen molar-refractivity contribution in [3.8, 4) is 17.0 Å². The Bertz CT molecular complexity index is 1180. The van der Waals surface area contributed by atoms with Gasteiger partial charge in [0.1, 0.15) is 10.6 Å². The van der Waals surface area contributed by atoms with Crippen LogP contribution in [0.5, 0.6) is 5.75 Å². The Morgan fingerprint density at radius 3 is 2.63 bits per heavy atom. The monoisotopic (exact) mass is 399 g/mol. The number of hydrogen-bond donors (Lipinski definition) is 1. The first-order valence-electron chi connectivity index (χ1n) is 8.16. The molecule has 0 spiro atoms. The highest BCUT2D eigenvalue weighted by Crippen LogP contribution is 2.28. The molecule has 4 rings (SSSR count). The molecule has 0 atom stereocenters. The Morgan fingerprint density at radius 2 is 1.93 bits per heavy atom. The van der Waals surface area contributed by atoms with Crippen LogP contribution < -0.4 is 9.46 Å². The van der Waals surface area contributed by atoms with E-state index in [2.05, 4.69) is 9.71 Å². The summed E-state index contributed by atoms with van der Waals surface area (Å²) >= 11 is 1.56. The first kappa shape index (κ1) is 17.6. The number of benzene rings is 2. The smallest absolute Gasteiger partial charge is 0.265 e. The number of anilines is 1. The van der Waals surface area contributed by atoms with Crippen LogP contribution in [0.15, 0.2) is 65.1 Å². The summed E-state index contributed by atoms with van der Waals surface area (Å²) in [6, 6.07) is 12.2. The van der Waals surface area contributed by atoms with E-state index in [1.165, 1.54) is 7.11 Å². The van der Waals surface area contributed by atoms with E-state index in [0.717, 1.165) is 21.8 Å². The third-order valence-electron chi connectivity index (χ3n) is 4.13. The minimum atomic E-state index is -3.76. The summed E-state index contributed by atoms with van der Waals surface area (Å²) in [6.45, 7) is 1.84. The molecule has 2 aromatic carbocycles. The summed E-state index contributed by atoms with van der Waals surface area (Å²) in [4.78, 5) is 5.59. The SMILES string of the molecule is COc1ccc(C)cc1S(=O)(=O)Nc1ccc(-c2cn3ccsc3n2)cc1. The van der Waals surface area contributed by atoms with Gasteiger partial charge in [-0.05, 0) is 36.8 Å². The fraction of sp³-hybridized carbons (Fsp3) is 0.105. The molecular weight excluding hydrogens is 382 g/mol. The second kappa shape index (κ2) is 6.71. The minimum Gasteiger partial charge on any atom is -0.495 e. The largest absolute Gasteiger partial charge is 0.495 e. The summed E-state index contributed by atoms with van der Waals surface area (Å²) < 4.78 is 35.3. The van der Waals surface area contributed by atoms with E-state index in [4.69, 9.17) is 4.74 Å². The lowest BCUT2D eigenvalue weighted by molar-refractivity contribution is 0.402. The summed E-state index contributed by atoms with van der Waals surface area (Å²) in [5.74, 6) is 0.308. The number of nitrogens with zero attached hydrogens (tertiary/aromatic N) is 2. The molecule has 0 aliphatic heterocycles. The van der Waals surface area contributed by atoms with Crippen LogP contribution in [0, 0.1) is 6.92 Å². The van der Waals surface area contributed by atoms with Crippen molar-refractivity contribution < 1.29 is 13.2 Å². The number of fused-ring (bicyclic) bond motifs is 1. The van der Waals surface area contributed by atoms with Crippen LogP contribution in [0.2, 0.25) is 0 Å². The third kappa shape index (κ3) is 3.41. The van der Waals surface area contributed by atoms with E-state index < -0.39 is 10.0 Å². The van der Waals surface area contributed by atoms with Gasteiger partial charge in [-0.25, -0.2) is 13.4 Å². The van der Waals surface area contributed by atoms with Gasteiger partial charge in [-0.2, -0.15) is 0 Å². The van der Waals surface area contributed by atoms with Gasteiger partial charge in [0, 0.05) is 29.0 Å². The fourth-order valence-corrected chi connectivity index (χ4v) is 4.79. The Kier molecular flexibility index (Phi) is 4.37. The molecular formula is C19H17N3O3S2. The number of imidazole rings is 1. The molecule has 6 nitrogen and oxygen atoms in total. The average molecular weight is 399 g/mol. The Hall–Kier alpha value is -2.84. The predicted octanol–water partition coefficient (Wildman–Crippen LogP) is 4.18. The number of aryl methyl sites for hydroxylation is 1. The first-order valence-corrected chi connectivity index (χ1v) is 10.5. The number of sulfonamides is 1. The molecule has 2 heterocycles. The van der Waals surface area contributed by atoms with Gasteiger partial charge >= 0.3 is 0 Å². The zero-order valence-electron chi connectivity index (χ0n) is 14.7. The van der Waals surface area contributed by atoms with E-state index in [1.807, 2.05) is 47.3 Å². The van der Waals surface area contributed by atoms with Crippen molar-refractivity contribution in [3.05, 3.63) is 65.8 Å². The highest BCUT2D eigenvalue weighted by atomic mass is 32.2. The highest BCUT2D eigenvalue weighted by molar-refractivity contribution is 7.92. The maximum absolute atomic E-state index is 12.8. The van der Waals surface area contributed by atoms with Crippen LogP contribution >= 0.6 is 11.3 Å². The number of hydrogen-bond acceptors (Lipinski definition) is 5. The van der Waals surface area contributed by atoms with E-state index in [1.54, 1.807) is 35.6 Å². The van der Waals surface area contributed by atoms with E-state index in [0.29, 0.717) is 11.4 Å². The van der Waals surface area contributed by atoms with Gasteiger partial charge in [0.2, 0.25) is 0 Å². The maximum atomic E-state index is 12.8. The van der Waals surface area contributed by atoms with Crippen LogP contribution in [-0.4, -0.2) is 24.9 Å². The summed E-state index contributed by atoms with van der Waals surface area (Å²) in [7, 11) is -2.31. The second-order valence-corrected chi connectivity index (χ2v) is 8.58. The zero-order chi connectivity index (χ0) is 19.0. The Balaban J connectivity index is 1.61. The number of aromatic nitrogens is 2. The lowest BCUT2D eigenvalue weighted by Gasteiger charge is -2.12. The lowest BCUT2D eigenvalue weighted by Crippen LogP contribution is -2.14. The normalized spacial score (nSPS) is 11.6. The predicted molar refractivity (Wildman–Crippen MR) is 107 cm³/mol. The molecule has 2 aromatic heterocycles. The van der Waals surface area contributed by atoms with E-state index in [9.17, 15) is 8.42 Å². The number of methoxy groups -OCH3 is 1. The zero-order valence-corrected chi connectivity index (χ0v) is 16.3. The van der Waals surface area contributed by atoms with Crippen molar-refractivity contribution in [3.63, 3.8) is 0 Å². The van der Waals surface area contributed by atoms with Gasteiger partial charge in [0.05, 0.1) is 12.8 Å². The molecule has 1 N–H and O–H groups in total. The Morgan fingerprint density at radius 1 is 1.15 bits per heavy atom. The van der Waals surface area contributed by atoms with Crippen LogP contribution in [0.4, 0.5) is 5.69 Å². The van der Waals surface area contributed by atoms with Crippen molar-refractivity contribution in [2.75, 3.05) is 11.8 Å². The molecule has 27 heavy (non-hydrogen) atoms. The fourth-order valence-electron chi connectivity index (χ4n) is 2.78. The molecule has 8 heteroatoms. The van der Waals surface area contributed by atoms with Gasteiger partial charge < -0.3 is 4.74 Å². The summed E-state index contributed by atoms with van der Waals surface area (Å²) in [5, 5.41) is 1.98. The molecule has 0 saturated carbocycles. The van der Waals surface area contributed by atoms with Gasteiger partial charge in [-0.1, -0.05) is 18.2 Å². The summed E-state index contributed by atoms with van der Waals surface area (Å²) in [6.07, 6.45) is 3.90. The van der Waals surface area contributed by atoms with Crippen LogP contribution in [0.3, 0.4) is 0 Å². The van der Waals surface area contributed by atoms with Crippen LogP contribution in [0.1, 0.15) is 5.56 Å². The van der Waals surface area contributed by atoms with Crippen LogP contribution in [0.25, 0.3) is 16.2 Å². The molecule has 4 aromatic rings. The van der Waals surface area contributed by atoms with E-state index in [-0.39, 0.29) is 4.90 Å². The van der Waals surface area contributed by atoms with Gasteiger partial charge in [-0.15, -0.1) is 11.3 Å². The number of thiazole rings is 1. The lowest BCUT2D eigenvalue weighted by atomic mass is 10.1. The highest BCUT2D eigenvalue weighted by Gasteiger charge is 2.20. The van der Waals surface area contributed by atoms with Crippen molar-refractivity contribution >= 4 is 32.0 Å². The maximum Gasteiger partial charge on any atom is 0.265 e. The third-order valence-corrected chi connectivity index (χ3v) is 6.31.